The molecule has 18 heavy (non-hydrogen) atoms. The highest BCUT2D eigenvalue weighted by molar-refractivity contribution is 5.85. The predicted octanol–water partition coefficient (Wildman–Crippen LogP) is 1.61. The van der Waals surface area contributed by atoms with Gasteiger partial charge in [-0.2, -0.15) is 0 Å². The topological polar surface area (TPSA) is 64.3 Å². The largest absolute Gasteiger partial charge is 0.380 e. The van der Waals surface area contributed by atoms with Crippen LogP contribution in [0.15, 0.2) is 24.3 Å². The molecule has 1 aromatic carbocycles. The monoisotopic (exact) mass is 272 g/mol. The van der Waals surface area contributed by atoms with Gasteiger partial charge in [-0.15, -0.1) is 12.4 Å². The zero-order valence-electron chi connectivity index (χ0n) is 10.6. The van der Waals surface area contributed by atoms with Gasteiger partial charge >= 0.3 is 0 Å². The molecule has 0 spiro atoms. The average Bonchev–Trinajstić information content (AvgIpc) is 2.35. The van der Waals surface area contributed by atoms with Crippen LogP contribution in [0.25, 0.3) is 0 Å². The van der Waals surface area contributed by atoms with Crippen molar-refractivity contribution in [2.75, 3.05) is 13.7 Å². The third-order valence-electron chi connectivity index (χ3n) is 2.40. The summed E-state index contributed by atoms with van der Waals surface area (Å²) in [6.45, 7) is 1.70. The number of carbonyl (C=O) groups is 1. The minimum Gasteiger partial charge on any atom is -0.380 e. The van der Waals surface area contributed by atoms with Gasteiger partial charge in [0.15, 0.2) is 0 Å². The van der Waals surface area contributed by atoms with E-state index >= 15 is 0 Å². The first-order valence-corrected chi connectivity index (χ1v) is 5.79. The predicted molar refractivity (Wildman–Crippen MR) is 74.5 cm³/mol. The highest BCUT2D eigenvalue weighted by Crippen LogP contribution is 2.06. The number of nitrogens with one attached hydrogen (secondary N) is 1. The summed E-state index contributed by atoms with van der Waals surface area (Å²) in [5.74, 6) is 0.0487. The molecule has 0 bridgehead atoms. The third-order valence-corrected chi connectivity index (χ3v) is 2.40. The van der Waals surface area contributed by atoms with Crippen molar-refractivity contribution in [3.8, 4) is 0 Å². The molecule has 4 nitrogen and oxygen atoms in total. The maximum absolute atomic E-state index is 11.4. The van der Waals surface area contributed by atoms with Crippen molar-refractivity contribution in [1.29, 1.82) is 0 Å². The number of nitrogens with two attached hydrogens (primary N) is 1. The van der Waals surface area contributed by atoms with Gasteiger partial charge in [-0.3, -0.25) is 4.79 Å². The smallest absolute Gasteiger partial charge is 0.220 e. The maximum Gasteiger partial charge on any atom is 0.220 e. The van der Waals surface area contributed by atoms with Crippen molar-refractivity contribution in [1.82, 2.24) is 5.32 Å². The van der Waals surface area contributed by atoms with E-state index in [1.54, 1.807) is 7.11 Å². The maximum atomic E-state index is 11.4. The molecule has 0 saturated carbocycles. The number of hydrogen-bond donors (Lipinski definition) is 2. The Hall–Kier alpha value is -1.10. The van der Waals surface area contributed by atoms with E-state index in [0.717, 1.165) is 17.5 Å². The first-order valence-electron chi connectivity index (χ1n) is 5.79. The van der Waals surface area contributed by atoms with Crippen molar-refractivity contribution in [3.05, 3.63) is 35.4 Å². The van der Waals surface area contributed by atoms with Gasteiger partial charge in [0.05, 0.1) is 6.61 Å². The highest BCUT2D eigenvalue weighted by atomic mass is 35.5. The summed E-state index contributed by atoms with van der Waals surface area (Å²) in [7, 11) is 1.67. The lowest BCUT2D eigenvalue weighted by molar-refractivity contribution is -0.121. The Labute approximate surface area is 114 Å². The average molecular weight is 273 g/mol. The number of benzene rings is 1. The first-order chi connectivity index (χ1) is 8.26. The van der Waals surface area contributed by atoms with Gasteiger partial charge in [-0.25, -0.2) is 0 Å². The molecule has 0 radical (unpaired) electrons. The van der Waals surface area contributed by atoms with E-state index in [1.165, 1.54) is 0 Å². The SMILES string of the molecule is COCc1cccc(CNC(=O)CCCN)c1.Cl. The number of methoxy groups -OCH3 is 1. The van der Waals surface area contributed by atoms with E-state index in [1.807, 2.05) is 24.3 Å². The van der Waals surface area contributed by atoms with Crippen molar-refractivity contribution in [3.63, 3.8) is 0 Å². The number of hydrogen-bond acceptors (Lipinski definition) is 3. The molecule has 0 heterocycles. The Kier molecular flexibility index (Phi) is 9.28. The van der Waals surface area contributed by atoms with E-state index < -0.39 is 0 Å². The van der Waals surface area contributed by atoms with E-state index in [0.29, 0.717) is 26.1 Å². The second kappa shape index (κ2) is 9.88. The van der Waals surface area contributed by atoms with Crippen molar-refractivity contribution < 1.29 is 9.53 Å². The summed E-state index contributed by atoms with van der Waals surface area (Å²) < 4.78 is 5.06. The quantitative estimate of drug-likeness (QED) is 0.793. The molecule has 0 atom stereocenters. The van der Waals surface area contributed by atoms with Crippen LogP contribution in [0.5, 0.6) is 0 Å². The lowest BCUT2D eigenvalue weighted by Gasteiger charge is -2.06. The lowest BCUT2D eigenvalue weighted by atomic mass is 10.1. The zero-order valence-corrected chi connectivity index (χ0v) is 11.5. The standard InChI is InChI=1S/C13H20N2O2.ClH/c1-17-10-12-5-2-4-11(8-12)9-15-13(16)6-3-7-14;/h2,4-5,8H,3,6-7,9-10,14H2,1H3,(H,15,16);1H. The minimum absolute atomic E-state index is 0. The molecule has 0 aliphatic rings. The molecule has 0 aromatic heterocycles. The fourth-order valence-electron chi connectivity index (χ4n) is 1.55. The molecule has 102 valence electrons. The molecule has 5 heteroatoms. The fourth-order valence-corrected chi connectivity index (χ4v) is 1.55. The van der Waals surface area contributed by atoms with Crippen molar-refractivity contribution in [2.24, 2.45) is 5.73 Å². The van der Waals surface area contributed by atoms with Gasteiger partial charge in [-0.1, -0.05) is 24.3 Å². The van der Waals surface area contributed by atoms with Crippen LogP contribution in [-0.4, -0.2) is 19.6 Å². The first kappa shape index (κ1) is 16.9. The van der Waals surface area contributed by atoms with Gasteiger partial charge in [0.1, 0.15) is 0 Å². The normalized spacial score (nSPS) is 9.67. The fraction of sp³-hybridized carbons (Fsp3) is 0.462. The van der Waals surface area contributed by atoms with Crippen LogP contribution in [0.1, 0.15) is 24.0 Å². The van der Waals surface area contributed by atoms with Crippen LogP contribution in [0.3, 0.4) is 0 Å². The zero-order chi connectivity index (χ0) is 12.5. The molecular formula is C13H21ClN2O2. The molecule has 0 unspecified atom stereocenters. The summed E-state index contributed by atoms with van der Waals surface area (Å²) in [6, 6.07) is 7.99. The van der Waals surface area contributed by atoms with E-state index in [4.69, 9.17) is 10.5 Å². The minimum atomic E-state index is 0. The molecule has 3 N–H and O–H groups in total. The number of amides is 1. The molecule has 0 fully saturated rings. The molecular weight excluding hydrogens is 252 g/mol. The second-order valence-electron chi connectivity index (χ2n) is 3.92. The van der Waals surface area contributed by atoms with E-state index in [9.17, 15) is 4.79 Å². The summed E-state index contributed by atoms with van der Waals surface area (Å²) in [5.41, 5.74) is 7.54. The molecule has 1 aromatic rings. The van der Waals surface area contributed by atoms with Gasteiger partial charge < -0.3 is 15.8 Å². The summed E-state index contributed by atoms with van der Waals surface area (Å²) in [4.78, 5) is 11.4. The van der Waals surface area contributed by atoms with Crippen molar-refractivity contribution in [2.45, 2.75) is 26.0 Å². The van der Waals surface area contributed by atoms with Crippen LogP contribution in [-0.2, 0) is 22.7 Å². The third kappa shape index (κ3) is 6.59. The summed E-state index contributed by atoms with van der Waals surface area (Å²) in [6.07, 6.45) is 1.23. The lowest BCUT2D eigenvalue weighted by Crippen LogP contribution is -2.23. The van der Waals surface area contributed by atoms with Crippen LogP contribution in [0, 0.1) is 0 Å². The Balaban J connectivity index is 0.00000289. The number of carbonyl (C=O) groups excluding carboxylic acids is 1. The number of rotatable bonds is 7. The van der Waals surface area contributed by atoms with Crippen molar-refractivity contribution >= 4 is 18.3 Å². The van der Waals surface area contributed by atoms with Crippen LogP contribution >= 0.6 is 12.4 Å². The second-order valence-corrected chi connectivity index (χ2v) is 3.92. The van der Waals surface area contributed by atoms with Gasteiger partial charge in [-0.05, 0) is 24.1 Å². The van der Waals surface area contributed by atoms with E-state index in [-0.39, 0.29) is 18.3 Å². The Morgan fingerprint density at radius 2 is 2.11 bits per heavy atom. The van der Waals surface area contributed by atoms with Gasteiger partial charge in [0.2, 0.25) is 5.91 Å². The molecule has 1 rings (SSSR count). The molecule has 0 saturated heterocycles. The Morgan fingerprint density at radius 3 is 2.78 bits per heavy atom. The molecule has 0 aliphatic heterocycles. The van der Waals surface area contributed by atoms with Gasteiger partial charge in [0.25, 0.3) is 0 Å². The Morgan fingerprint density at radius 1 is 1.39 bits per heavy atom. The summed E-state index contributed by atoms with van der Waals surface area (Å²) in [5, 5.41) is 2.87. The van der Waals surface area contributed by atoms with Crippen LogP contribution in [0.2, 0.25) is 0 Å². The van der Waals surface area contributed by atoms with Crippen LogP contribution < -0.4 is 11.1 Å². The Bertz CT molecular complexity index is 359. The van der Waals surface area contributed by atoms with Gasteiger partial charge in [0, 0.05) is 20.1 Å². The molecule has 1 amide bonds. The molecule has 0 aliphatic carbocycles. The number of ether oxygens (including phenoxy) is 1. The number of halogens is 1. The summed E-state index contributed by atoms with van der Waals surface area (Å²) >= 11 is 0. The highest BCUT2D eigenvalue weighted by Gasteiger charge is 2.01. The van der Waals surface area contributed by atoms with Crippen LogP contribution in [0.4, 0.5) is 0 Å². The van der Waals surface area contributed by atoms with E-state index in [2.05, 4.69) is 5.32 Å².